The Hall–Kier alpha value is -0.820. The fourth-order valence-corrected chi connectivity index (χ4v) is 3.72. The summed E-state index contributed by atoms with van der Waals surface area (Å²) < 4.78 is 0. The minimum absolute atomic E-state index is 0.423. The van der Waals surface area contributed by atoms with Crippen molar-refractivity contribution in [3.8, 4) is 0 Å². The number of aryl methyl sites for hydroxylation is 1. The molecule has 0 heterocycles. The SMILES string of the molecule is NC(CC1CCC1)CC1CCCc2ccccc21. The van der Waals surface area contributed by atoms with Crippen molar-refractivity contribution in [2.45, 2.75) is 63.3 Å². The zero-order valence-electron chi connectivity index (χ0n) is 11.3. The summed E-state index contributed by atoms with van der Waals surface area (Å²) >= 11 is 0. The van der Waals surface area contributed by atoms with Crippen molar-refractivity contribution in [1.82, 2.24) is 0 Å². The number of rotatable bonds is 4. The van der Waals surface area contributed by atoms with Gasteiger partial charge in [0.1, 0.15) is 0 Å². The van der Waals surface area contributed by atoms with E-state index in [4.69, 9.17) is 5.73 Å². The fraction of sp³-hybridized carbons (Fsp3) is 0.647. The van der Waals surface area contributed by atoms with Gasteiger partial charge >= 0.3 is 0 Å². The fourth-order valence-electron chi connectivity index (χ4n) is 3.72. The molecule has 98 valence electrons. The lowest BCUT2D eigenvalue weighted by Gasteiger charge is -2.31. The molecule has 0 saturated heterocycles. The van der Waals surface area contributed by atoms with Gasteiger partial charge in [-0.3, -0.25) is 0 Å². The molecule has 18 heavy (non-hydrogen) atoms. The van der Waals surface area contributed by atoms with Gasteiger partial charge in [-0.2, -0.15) is 0 Å². The van der Waals surface area contributed by atoms with Crippen molar-refractivity contribution in [2.75, 3.05) is 0 Å². The first-order valence-electron chi connectivity index (χ1n) is 7.66. The van der Waals surface area contributed by atoms with Gasteiger partial charge in [-0.1, -0.05) is 43.5 Å². The van der Waals surface area contributed by atoms with Gasteiger partial charge in [0.05, 0.1) is 0 Å². The molecule has 1 aromatic rings. The molecular weight excluding hydrogens is 218 g/mol. The van der Waals surface area contributed by atoms with Crippen LogP contribution in [0.2, 0.25) is 0 Å². The summed E-state index contributed by atoms with van der Waals surface area (Å²) in [5.41, 5.74) is 9.54. The zero-order chi connectivity index (χ0) is 12.4. The minimum Gasteiger partial charge on any atom is -0.328 e. The molecule has 0 spiro atoms. The van der Waals surface area contributed by atoms with Gasteiger partial charge < -0.3 is 5.73 Å². The lowest BCUT2D eigenvalue weighted by atomic mass is 9.76. The van der Waals surface area contributed by atoms with E-state index in [0.29, 0.717) is 6.04 Å². The maximum atomic E-state index is 6.37. The Morgan fingerprint density at radius 1 is 1.06 bits per heavy atom. The van der Waals surface area contributed by atoms with Crippen molar-refractivity contribution in [3.63, 3.8) is 0 Å². The molecule has 1 aromatic carbocycles. The van der Waals surface area contributed by atoms with Gasteiger partial charge in [0, 0.05) is 6.04 Å². The largest absolute Gasteiger partial charge is 0.328 e. The van der Waals surface area contributed by atoms with Gasteiger partial charge in [-0.05, 0) is 55.1 Å². The zero-order valence-corrected chi connectivity index (χ0v) is 11.3. The third kappa shape index (κ3) is 2.61. The molecule has 3 rings (SSSR count). The average Bonchev–Trinajstić information content (AvgIpc) is 2.34. The minimum atomic E-state index is 0.423. The summed E-state index contributed by atoms with van der Waals surface area (Å²) in [5.74, 6) is 1.67. The second-order valence-electron chi connectivity index (χ2n) is 6.32. The van der Waals surface area contributed by atoms with Crippen molar-refractivity contribution >= 4 is 0 Å². The molecule has 0 aliphatic heterocycles. The molecule has 0 amide bonds. The molecule has 0 aromatic heterocycles. The second-order valence-corrected chi connectivity index (χ2v) is 6.32. The highest BCUT2D eigenvalue weighted by molar-refractivity contribution is 5.32. The first-order chi connectivity index (χ1) is 8.83. The van der Waals surface area contributed by atoms with Crippen LogP contribution in [0.15, 0.2) is 24.3 Å². The summed E-state index contributed by atoms with van der Waals surface area (Å²) in [7, 11) is 0. The van der Waals surface area contributed by atoms with Crippen LogP contribution in [-0.2, 0) is 6.42 Å². The van der Waals surface area contributed by atoms with Crippen LogP contribution in [0.5, 0.6) is 0 Å². The molecule has 0 radical (unpaired) electrons. The van der Waals surface area contributed by atoms with E-state index in [1.807, 2.05) is 0 Å². The molecular formula is C17H25N. The number of hydrogen-bond acceptors (Lipinski definition) is 1. The molecule has 2 aliphatic carbocycles. The number of nitrogens with two attached hydrogens (primary N) is 1. The van der Waals surface area contributed by atoms with E-state index in [-0.39, 0.29) is 0 Å². The highest BCUT2D eigenvalue weighted by Crippen LogP contribution is 2.37. The lowest BCUT2D eigenvalue weighted by Crippen LogP contribution is -2.29. The van der Waals surface area contributed by atoms with E-state index in [0.717, 1.165) is 11.8 Å². The lowest BCUT2D eigenvalue weighted by molar-refractivity contribution is 0.265. The van der Waals surface area contributed by atoms with Crippen LogP contribution < -0.4 is 5.73 Å². The summed E-state index contributed by atoms with van der Waals surface area (Å²) in [5, 5.41) is 0. The van der Waals surface area contributed by atoms with Gasteiger partial charge in [-0.15, -0.1) is 0 Å². The van der Waals surface area contributed by atoms with Crippen LogP contribution in [0.25, 0.3) is 0 Å². The summed E-state index contributed by atoms with van der Waals surface area (Å²) in [6.45, 7) is 0. The number of fused-ring (bicyclic) bond motifs is 1. The van der Waals surface area contributed by atoms with Crippen LogP contribution >= 0.6 is 0 Å². The van der Waals surface area contributed by atoms with Crippen molar-refractivity contribution in [3.05, 3.63) is 35.4 Å². The van der Waals surface area contributed by atoms with Crippen LogP contribution in [0.4, 0.5) is 0 Å². The van der Waals surface area contributed by atoms with E-state index in [1.165, 1.54) is 51.4 Å². The smallest absolute Gasteiger partial charge is 0.00472 e. The maximum absolute atomic E-state index is 6.37. The molecule has 2 N–H and O–H groups in total. The van der Waals surface area contributed by atoms with E-state index < -0.39 is 0 Å². The Morgan fingerprint density at radius 2 is 1.89 bits per heavy atom. The number of hydrogen-bond donors (Lipinski definition) is 1. The van der Waals surface area contributed by atoms with Gasteiger partial charge in [0.15, 0.2) is 0 Å². The van der Waals surface area contributed by atoms with Gasteiger partial charge in [0.2, 0.25) is 0 Å². The van der Waals surface area contributed by atoms with E-state index in [9.17, 15) is 0 Å². The predicted octanol–water partition coefficient (Wildman–Crippen LogP) is 4.01. The first-order valence-corrected chi connectivity index (χ1v) is 7.66. The predicted molar refractivity (Wildman–Crippen MR) is 76.7 cm³/mol. The Morgan fingerprint density at radius 3 is 2.67 bits per heavy atom. The third-order valence-electron chi connectivity index (χ3n) is 4.94. The highest BCUT2D eigenvalue weighted by Gasteiger charge is 2.25. The van der Waals surface area contributed by atoms with Gasteiger partial charge in [0.25, 0.3) is 0 Å². The van der Waals surface area contributed by atoms with Crippen molar-refractivity contribution in [1.29, 1.82) is 0 Å². The second kappa shape index (κ2) is 5.44. The van der Waals surface area contributed by atoms with Crippen molar-refractivity contribution in [2.24, 2.45) is 11.7 Å². The molecule has 0 bridgehead atoms. The first kappa shape index (κ1) is 12.2. The topological polar surface area (TPSA) is 26.0 Å². The Bertz CT molecular complexity index is 394. The van der Waals surface area contributed by atoms with E-state index in [2.05, 4.69) is 24.3 Å². The summed E-state index contributed by atoms with van der Waals surface area (Å²) in [6.07, 6.45) is 10.7. The molecule has 1 saturated carbocycles. The van der Waals surface area contributed by atoms with Crippen LogP contribution in [-0.4, -0.2) is 6.04 Å². The monoisotopic (exact) mass is 243 g/mol. The quantitative estimate of drug-likeness (QED) is 0.849. The van der Waals surface area contributed by atoms with Crippen LogP contribution in [0, 0.1) is 5.92 Å². The molecule has 1 heteroatoms. The van der Waals surface area contributed by atoms with E-state index in [1.54, 1.807) is 11.1 Å². The maximum Gasteiger partial charge on any atom is 0.00472 e. The molecule has 1 nitrogen and oxygen atoms in total. The third-order valence-corrected chi connectivity index (χ3v) is 4.94. The molecule has 2 unspecified atom stereocenters. The van der Waals surface area contributed by atoms with Crippen LogP contribution in [0.3, 0.4) is 0 Å². The van der Waals surface area contributed by atoms with Crippen molar-refractivity contribution < 1.29 is 0 Å². The standard InChI is InChI=1S/C17H25N/c18-16(11-13-5-3-6-13)12-15-9-4-8-14-7-1-2-10-17(14)15/h1-2,7,10,13,15-16H,3-6,8-9,11-12,18H2. The van der Waals surface area contributed by atoms with Gasteiger partial charge in [-0.25, -0.2) is 0 Å². The molecule has 2 atom stereocenters. The summed E-state index contributed by atoms with van der Waals surface area (Å²) in [4.78, 5) is 0. The van der Waals surface area contributed by atoms with E-state index >= 15 is 0 Å². The Kier molecular flexibility index (Phi) is 3.69. The molecule has 1 fully saturated rings. The molecule has 2 aliphatic rings. The normalized spacial score (nSPS) is 25.3. The summed E-state index contributed by atoms with van der Waals surface area (Å²) in [6, 6.07) is 9.42. The Balaban J connectivity index is 1.62. The Labute approximate surface area is 111 Å². The van der Waals surface area contributed by atoms with Crippen LogP contribution in [0.1, 0.15) is 62.0 Å². The highest BCUT2D eigenvalue weighted by atomic mass is 14.6. The average molecular weight is 243 g/mol. The number of benzene rings is 1.